The summed E-state index contributed by atoms with van der Waals surface area (Å²) < 4.78 is 0. The van der Waals surface area contributed by atoms with E-state index in [0.29, 0.717) is 5.75 Å². The SMILES string of the molecule is CC(C)(C)c1cc(CC(CNCc2ccccc2)NCc2ccccc2)c(O)c(C(C)(C)C)c1. The Morgan fingerprint density at radius 1 is 0.735 bits per heavy atom. The average Bonchev–Trinajstić information content (AvgIpc) is 2.78. The van der Waals surface area contributed by atoms with Crippen molar-refractivity contribution in [3.05, 3.63) is 101 Å². The zero-order chi connectivity index (χ0) is 24.8. The molecule has 1 unspecified atom stereocenters. The summed E-state index contributed by atoms with van der Waals surface area (Å²) in [5.74, 6) is 0.440. The van der Waals surface area contributed by atoms with Gasteiger partial charge in [0.15, 0.2) is 0 Å². The lowest BCUT2D eigenvalue weighted by Gasteiger charge is -2.29. The normalized spacial score (nSPS) is 13.1. The molecule has 34 heavy (non-hydrogen) atoms. The van der Waals surface area contributed by atoms with Crippen molar-refractivity contribution in [1.29, 1.82) is 0 Å². The highest BCUT2D eigenvalue weighted by Gasteiger charge is 2.26. The van der Waals surface area contributed by atoms with E-state index in [9.17, 15) is 5.11 Å². The molecule has 3 nitrogen and oxygen atoms in total. The number of nitrogens with one attached hydrogen (secondary N) is 2. The summed E-state index contributed by atoms with van der Waals surface area (Å²) in [6.45, 7) is 15.7. The van der Waals surface area contributed by atoms with Gasteiger partial charge in [-0.15, -0.1) is 0 Å². The Labute approximate surface area is 206 Å². The smallest absolute Gasteiger partial charge is 0.122 e. The van der Waals surface area contributed by atoms with Crippen LogP contribution in [0.2, 0.25) is 0 Å². The highest BCUT2D eigenvalue weighted by atomic mass is 16.3. The molecule has 0 spiro atoms. The third-order valence-corrected chi connectivity index (χ3v) is 6.33. The van der Waals surface area contributed by atoms with Crippen LogP contribution in [0.15, 0.2) is 72.8 Å². The van der Waals surface area contributed by atoms with Crippen molar-refractivity contribution in [1.82, 2.24) is 10.6 Å². The summed E-state index contributed by atoms with van der Waals surface area (Å²) in [5, 5.41) is 18.7. The molecule has 1 atom stereocenters. The minimum atomic E-state index is -0.126. The topological polar surface area (TPSA) is 44.3 Å². The largest absolute Gasteiger partial charge is 0.507 e. The zero-order valence-corrected chi connectivity index (χ0v) is 21.8. The van der Waals surface area contributed by atoms with E-state index in [1.165, 1.54) is 16.7 Å². The maximum Gasteiger partial charge on any atom is 0.122 e. The number of hydrogen-bond acceptors (Lipinski definition) is 3. The predicted octanol–water partition coefficient (Wildman–Crippen LogP) is 6.48. The molecule has 0 fully saturated rings. The van der Waals surface area contributed by atoms with Gasteiger partial charge in [0.05, 0.1) is 0 Å². The van der Waals surface area contributed by atoms with Crippen LogP contribution < -0.4 is 10.6 Å². The molecule has 0 saturated heterocycles. The van der Waals surface area contributed by atoms with Crippen LogP contribution in [0.5, 0.6) is 5.75 Å². The predicted molar refractivity (Wildman–Crippen MR) is 144 cm³/mol. The molecule has 0 aliphatic carbocycles. The minimum absolute atomic E-state index is 0.0149. The maximum atomic E-state index is 11.3. The molecule has 0 aromatic heterocycles. The van der Waals surface area contributed by atoms with Crippen molar-refractivity contribution < 1.29 is 5.11 Å². The fraction of sp³-hybridized carbons (Fsp3) is 0.419. The first-order valence-electron chi connectivity index (χ1n) is 12.4. The Bertz CT molecular complexity index is 1030. The van der Waals surface area contributed by atoms with Gasteiger partial charge in [-0.1, -0.05) is 114 Å². The molecule has 3 aromatic carbocycles. The fourth-order valence-corrected chi connectivity index (χ4v) is 4.18. The second kappa shape index (κ2) is 11.2. The van der Waals surface area contributed by atoms with E-state index in [1.54, 1.807) is 0 Å². The van der Waals surface area contributed by atoms with E-state index >= 15 is 0 Å². The molecule has 3 rings (SSSR count). The summed E-state index contributed by atoms with van der Waals surface area (Å²) in [4.78, 5) is 0. The van der Waals surface area contributed by atoms with Crippen LogP contribution in [-0.2, 0) is 30.3 Å². The second-order valence-electron chi connectivity index (χ2n) is 11.4. The molecule has 0 bridgehead atoms. The Hall–Kier alpha value is -2.62. The molecule has 0 aliphatic rings. The second-order valence-corrected chi connectivity index (χ2v) is 11.4. The van der Waals surface area contributed by atoms with Crippen molar-refractivity contribution in [3.8, 4) is 5.75 Å². The van der Waals surface area contributed by atoms with Gasteiger partial charge in [-0.05, 0) is 45.1 Å². The molecule has 0 saturated carbocycles. The first-order chi connectivity index (χ1) is 16.0. The van der Waals surface area contributed by atoms with Crippen LogP contribution in [0, 0.1) is 0 Å². The summed E-state index contributed by atoms with van der Waals surface area (Å²) in [6.07, 6.45) is 0.757. The lowest BCUT2D eigenvalue weighted by Crippen LogP contribution is -2.40. The molecule has 3 heteroatoms. The summed E-state index contributed by atoms with van der Waals surface area (Å²) >= 11 is 0. The van der Waals surface area contributed by atoms with E-state index in [-0.39, 0.29) is 16.9 Å². The average molecular weight is 459 g/mol. The third-order valence-electron chi connectivity index (χ3n) is 6.33. The van der Waals surface area contributed by atoms with Crippen LogP contribution in [0.1, 0.15) is 69.4 Å². The molecule has 0 heterocycles. The summed E-state index contributed by atoms with van der Waals surface area (Å²) in [5.41, 5.74) is 5.73. The Balaban J connectivity index is 1.84. The Kier molecular flexibility index (Phi) is 8.57. The van der Waals surface area contributed by atoms with Crippen LogP contribution in [-0.4, -0.2) is 17.7 Å². The standard InChI is InChI=1S/C31H42N2O/c1-30(2,3)26-17-25(29(34)28(19-26)31(4,5)6)18-27(33-21-24-15-11-8-12-16-24)22-32-20-23-13-9-7-10-14-23/h7-17,19,27,32-34H,18,20-22H2,1-6H3. The van der Waals surface area contributed by atoms with E-state index in [1.807, 2.05) is 12.1 Å². The third kappa shape index (κ3) is 7.44. The van der Waals surface area contributed by atoms with Crippen molar-refractivity contribution in [2.24, 2.45) is 0 Å². The van der Waals surface area contributed by atoms with Gasteiger partial charge in [0.25, 0.3) is 0 Å². The van der Waals surface area contributed by atoms with Crippen molar-refractivity contribution in [2.75, 3.05) is 6.54 Å². The van der Waals surface area contributed by atoms with Gasteiger partial charge in [-0.2, -0.15) is 0 Å². The van der Waals surface area contributed by atoms with Crippen molar-refractivity contribution in [2.45, 2.75) is 77.9 Å². The van der Waals surface area contributed by atoms with Gasteiger partial charge in [0.1, 0.15) is 5.75 Å². The molecular weight excluding hydrogens is 416 g/mol. The highest BCUT2D eigenvalue weighted by Crippen LogP contribution is 2.38. The number of phenols is 1. The molecule has 0 aliphatic heterocycles. The van der Waals surface area contributed by atoms with Crippen LogP contribution in [0.3, 0.4) is 0 Å². The van der Waals surface area contributed by atoms with Gasteiger partial charge in [0, 0.05) is 25.7 Å². The molecule has 0 amide bonds. The van der Waals surface area contributed by atoms with E-state index in [0.717, 1.165) is 37.2 Å². The zero-order valence-electron chi connectivity index (χ0n) is 21.8. The highest BCUT2D eigenvalue weighted by molar-refractivity contribution is 5.49. The number of aromatic hydroxyl groups is 1. The maximum absolute atomic E-state index is 11.3. The van der Waals surface area contributed by atoms with Crippen LogP contribution >= 0.6 is 0 Å². The fourth-order valence-electron chi connectivity index (χ4n) is 4.18. The molecule has 0 radical (unpaired) electrons. The van der Waals surface area contributed by atoms with Crippen LogP contribution in [0.25, 0.3) is 0 Å². The molecule has 3 N–H and O–H groups in total. The minimum Gasteiger partial charge on any atom is -0.507 e. The number of benzene rings is 3. The van der Waals surface area contributed by atoms with Crippen molar-refractivity contribution >= 4 is 0 Å². The van der Waals surface area contributed by atoms with Crippen molar-refractivity contribution in [3.63, 3.8) is 0 Å². The van der Waals surface area contributed by atoms with Gasteiger partial charge >= 0.3 is 0 Å². The number of hydrogen-bond donors (Lipinski definition) is 3. The van der Waals surface area contributed by atoms with E-state index in [2.05, 4.69) is 113 Å². The number of phenolic OH excluding ortho intramolecular Hbond substituents is 1. The van der Waals surface area contributed by atoms with E-state index in [4.69, 9.17) is 0 Å². The van der Waals surface area contributed by atoms with Gasteiger partial charge in [0.2, 0.25) is 0 Å². The van der Waals surface area contributed by atoms with Gasteiger partial charge in [-0.25, -0.2) is 0 Å². The Morgan fingerprint density at radius 3 is 1.82 bits per heavy atom. The monoisotopic (exact) mass is 458 g/mol. The lowest BCUT2D eigenvalue weighted by molar-refractivity contribution is 0.423. The van der Waals surface area contributed by atoms with Gasteiger partial charge in [-0.3, -0.25) is 0 Å². The first kappa shape index (κ1) is 26.0. The molecule has 3 aromatic rings. The van der Waals surface area contributed by atoms with Crippen LogP contribution in [0.4, 0.5) is 0 Å². The summed E-state index contributed by atoms with van der Waals surface area (Å²) in [6, 6.07) is 25.6. The summed E-state index contributed by atoms with van der Waals surface area (Å²) in [7, 11) is 0. The van der Waals surface area contributed by atoms with E-state index < -0.39 is 0 Å². The molecular formula is C31H42N2O. The van der Waals surface area contributed by atoms with Gasteiger partial charge < -0.3 is 15.7 Å². The number of rotatable bonds is 9. The molecule has 182 valence electrons. The lowest BCUT2D eigenvalue weighted by atomic mass is 9.78. The Morgan fingerprint density at radius 2 is 1.29 bits per heavy atom. The quantitative estimate of drug-likeness (QED) is 0.344. The first-order valence-corrected chi connectivity index (χ1v) is 12.4.